The lowest BCUT2D eigenvalue weighted by atomic mass is 9.96. The summed E-state index contributed by atoms with van der Waals surface area (Å²) >= 11 is 6.32. The van der Waals surface area contributed by atoms with Gasteiger partial charge in [-0.1, -0.05) is 11.6 Å². The van der Waals surface area contributed by atoms with E-state index in [0.29, 0.717) is 32.9 Å². The Morgan fingerprint density at radius 1 is 1.05 bits per heavy atom. The van der Waals surface area contributed by atoms with E-state index in [1.807, 2.05) is 6.07 Å². The van der Waals surface area contributed by atoms with E-state index in [0.717, 1.165) is 17.7 Å². The highest BCUT2D eigenvalue weighted by Crippen LogP contribution is 2.60. The van der Waals surface area contributed by atoms with Gasteiger partial charge in [0.05, 0.1) is 11.7 Å². The Morgan fingerprint density at radius 2 is 1.95 bits per heavy atom. The summed E-state index contributed by atoms with van der Waals surface area (Å²) in [4.78, 5) is 20.8. The molecule has 3 aliphatic rings. The summed E-state index contributed by atoms with van der Waals surface area (Å²) in [6.45, 7) is 0. The van der Waals surface area contributed by atoms with Gasteiger partial charge in [-0.05, 0) is 70.8 Å². The summed E-state index contributed by atoms with van der Waals surface area (Å²) in [6.07, 6.45) is 4.16. The zero-order chi connectivity index (χ0) is 26.4. The SMILES string of the molecule is O=c1cc(-c2cc(Cl)ccc2-n2cnnn2)cc2n1C(C1=NC(F)=C(c3ccc4[nH]ccc4c3F)C1)C1CC21. The minimum atomic E-state index is -0.695. The fraction of sp³-hybridized carbons (Fsp3) is 0.179. The highest BCUT2D eigenvalue weighted by molar-refractivity contribution is 6.31. The van der Waals surface area contributed by atoms with E-state index in [4.69, 9.17) is 11.6 Å². The average Bonchev–Trinajstić information content (AvgIpc) is 3.37. The van der Waals surface area contributed by atoms with Gasteiger partial charge in [-0.25, -0.2) is 9.38 Å². The number of allylic oxidation sites excluding steroid dienone is 1. The van der Waals surface area contributed by atoms with Crippen LogP contribution >= 0.6 is 11.6 Å². The standard InChI is InChI=1S/C28H18ClF2N7O/c29-14-1-4-23(37-12-33-35-36-37)17(9-14)13-7-24-18-10-19(18)27(38(24)25(39)8-13)22-11-20(28(31)34-22)15-2-3-21-16(26(15)30)5-6-32-21/h1-9,12,18-19,27,32H,10-11H2. The third-order valence-electron chi connectivity index (χ3n) is 8.05. The fourth-order valence-corrected chi connectivity index (χ4v) is 6.41. The molecule has 1 saturated carbocycles. The molecule has 39 heavy (non-hydrogen) atoms. The van der Waals surface area contributed by atoms with Crippen molar-refractivity contribution in [2.45, 2.75) is 24.8 Å². The molecule has 5 aromatic rings. The quantitative estimate of drug-likeness (QED) is 0.299. The lowest BCUT2D eigenvalue weighted by Gasteiger charge is -2.20. The molecular formula is C28H18ClF2N7O. The zero-order valence-corrected chi connectivity index (χ0v) is 20.9. The number of benzene rings is 2. The molecule has 2 aromatic carbocycles. The number of pyridine rings is 1. The molecule has 8 nitrogen and oxygen atoms in total. The molecule has 0 radical (unpaired) electrons. The molecule has 0 saturated heterocycles. The third-order valence-corrected chi connectivity index (χ3v) is 8.29. The first-order valence-electron chi connectivity index (χ1n) is 12.5. The van der Waals surface area contributed by atoms with E-state index < -0.39 is 11.8 Å². The second kappa shape index (κ2) is 8.03. The summed E-state index contributed by atoms with van der Waals surface area (Å²) in [5.74, 6) is -0.859. The number of tetrazole rings is 1. The second-order valence-electron chi connectivity index (χ2n) is 10.2. The van der Waals surface area contributed by atoms with Crippen molar-refractivity contribution in [1.29, 1.82) is 0 Å². The summed E-state index contributed by atoms with van der Waals surface area (Å²) in [5, 5.41) is 12.3. The number of nitrogens with zero attached hydrogens (tertiary/aromatic N) is 6. The van der Waals surface area contributed by atoms with Gasteiger partial charge in [0.25, 0.3) is 5.56 Å². The highest BCUT2D eigenvalue weighted by atomic mass is 35.5. The molecular weight excluding hydrogens is 524 g/mol. The number of aromatic nitrogens is 6. The minimum Gasteiger partial charge on any atom is -0.361 e. The Labute approximate surface area is 224 Å². The van der Waals surface area contributed by atoms with Crippen LogP contribution in [0.25, 0.3) is 33.3 Å². The number of hydrogen-bond donors (Lipinski definition) is 1. The van der Waals surface area contributed by atoms with Gasteiger partial charge < -0.3 is 9.55 Å². The van der Waals surface area contributed by atoms with Gasteiger partial charge >= 0.3 is 0 Å². The van der Waals surface area contributed by atoms with Crippen molar-refractivity contribution in [3.05, 3.63) is 99.5 Å². The van der Waals surface area contributed by atoms with E-state index in [9.17, 15) is 4.79 Å². The fourth-order valence-electron chi connectivity index (χ4n) is 6.24. The van der Waals surface area contributed by atoms with Crippen LogP contribution in [0.2, 0.25) is 5.02 Å². The van der Waals surface area contributed by atoms with E-state index >= 15 is 8.78 Å². The van der Waals surface area contributed by atoms with E-state index in [1.54, 1.807) is 53.2 Å². The van der Waals surface area contributed by atoms with Crippen LogP contribution < -0.4 is 5.56 Å². The summed E-state index contributed by atoms with van der Waals surface area (Å²) < 4.78 is 33.7. The van der Waals surface area contributed by atoms with Crippen molar-refractivity contribution in [1.82, 2.24) is 29.8 Å². The van der Waals surface area contributed by atoms with Crippen molar-refractivity contribution in [2.75, 3.05) is 0 Å². The number of halogens is 3. The first kappa shape index (κ1) is 22.5. The van der Waals surface area contributed by atoms with Crippen LogP contribution in [0.1, 0.15) is 36.1 Å². The molecule has 5 heterocycles. The van der Waals surface area contributed by atoms with Crippen LogP contribution in [0.15, 0.2) is 76.8 Å². The number of aromatic amines is 1. The van der Waals surface area contributed by atoms with Gasteiger partial charge in [0, 0.05) is 68.6 Å². The summed E-state index contributed by atoms with van der Waals surface area (Å²) in [6, 6.07) is 13.4. The maximum Gasteiger partial charge on any atom is 0.251 e. The molecule has 1 aliphatic carbocycles. The number of fused-ring (bicyclic) bond motifs is 4. The molecule has 1 N–H and O–H groups in total. The van der Waals surface area contributed by atoms with Gasteiger partial charge in [-0.15, -0.1) is 5.10 Å². The van der Waals surface area contributed by atoms with Crippen LogP contribution in [0.3, 0.4) is 0 Å². The predicted octanol–water partition coefficient (Wildman–Crippen LogP) is 5.61. The first-order chi connectivity index (χ1) is 19.0. The lowest BCUT2D eigenvalue weighted by molar-refractivity contribution is 0.579. The van der Waals surface area contributed by atoms with E-state index in [2.05, 4.69) is 25.5 Å². The topological polar surface area (TPSA) is 93.8 Å². The Morgan fingerprint density at radius 3 is 2.79 bits per heavy atom. The molecule has 3 aromatic heterocycles. The monoisotopic (exact) mass is 541 g/mol. The van der Waals surface area contributed by atoms with Crippen LogP contribution in [0, 0.1) is 11.7 Å². The molecule has 2 aliphatic heterocycles. The Kier molecular flexibility index (Phi) is 4.64. The van der Waals surface area contributed by atoms with Gasteiger partial charge in [-0.3, -0.25) is 4.79 Å². The zero-order valence-electron chi connectivity index (χ0n) is 20.1. The van der Waals surface area contributed by atoms with Crippen molar-refractivity contribution < 1.29 is 8.78 Å². The normalized spacial score (nSPS) is 21.4. The van der Waals surface area contributed by atoms with Crippen molar-refractivity contribution in [2.24, 2.45) is 10.9 Å². The van der Waals surface area contributed by atoms with Crippen molar-refractivity contribution in [3.63, 3.8) is 0 Å². The van der Waals surface area contributed by atoms with Gasteiger partial charge in [0.2, 0.25) is 5.95 Å². The largest absolute Gasteiger partial charge is 0.361 e. The van der Waals surface area contributed by atoms with Gasteiger partial charge in [0.15, 0.2) is 0 Å². The maximum atomic E-state index is 15.2. The van der Waals surface area contributed by atoms with Crippen LogP contribution in [0.4, 0.5) is 8.78 Å². The third kappa shape index (κ3) is 3.31. The second-order valence-corrected chi connectivity index (χ2v) is 10.6. The molecule has 11 heteroatoms. The Hall–Kier alpha value is -4.44. The number of nitrogens with one attached hydrogen (secondary N) is 1. The Balaban J connectivity index is 1.17. The number of aliphatic imine (C=N–C) groups is 1. The van der Waals surface area contributed by atoms with Crippen molar-refractivity contribution in [3.8, 4) is 16.8 Å². The van der Waals surface area contributed by atoms with Crippen LogP contribution in [-0.4, -0.2) is 35.5 Å². The highest BCUT2D eigenvalue weighted by Gasteiger charge is 2.55. The minimum absolute atomic E-state index is 0.147. The molecule has 0 amide bonds. The maximum absolute atomic E-state index is 15.2. The van der Waals surface area contributed by atoms with Crippen molar-refractivity contribution >= 4 is 33.8 Å². The average molecular weight is 542 g/mol. The predicted molar refractivity (Wildman–Crippen MR) is 142 cm³/mol. The van der Waals surface area contributed by atoms with E-state index in [1.165, 1.54) is 11.0 Å². The first-order valence-corrected chi connectivity index (χ1v) is 12.9. The number of rotatable bonds is 4. The van der Waals surface area contributed by atoms with Crippen LogP contribution in [-0.2, 0) is 0 Å². The molecule has 3 atom stereocenters. The number of hydrogen-bond acceptors (Lipinski definition) is 5. The van der Waals surface area contributed by atoms with Crippen LogP contribution in [0.5, 0.6) is 0 Å². The molecule has 0 spiro atoms. The van der Waals surface area contributed by atoms with E-state index in [-0.39, 0.29) is 41.0 Å². The molecule has 8 rings (SSSR count). The smallest absolute Gasteiger partial charge is 0.251 e. The number of H-pyrrole nitrogens is 1. The molecule has 1 fully saturated rings. The van der Waals surface area contributed by atoms with Gasteiger partial charge in [0.1, 0.15) is 12.1 Å². The summed E-state index contributed by atoms with van der Waals surface area (Å²) in [5.41, 5.74) is 4.39. The summed E-state index contributed by atoms with van der Waals surface area (Å²) in [7, 11) is 0. The molecule has 3 unspecified atom stereocenters. The molecule has 0 bridgehead atoms. The Bertz CT molecular complexity index is 1960. The lowest BCUT2D eigenvalue weighted by Crippen LogP contribution is -2.29. The molecule has 192 valence electrons. The van der Waals surface area contributed by atoms with Gasteiger partial charge in [-0.2, -0.15) is 9.07 Å².